The molecule has 124 valence electrons. The lowest BCUT2D eigenvalue weighted by atomic mass is 10.2. The van der Waals surface area contributed by atoms with Crippen LogP contribution in [-0.4, -0.2) is 48.5 Å². The fourth-order valence-electron chi connectivity index (χ4n) is 2.68. The molecule has 1 aromatic carbocycles. The van der Waals surface area contributed by atoms with Crippen molar-refractivity contribution in [2.45, 2.75) is 37.6 Å². The molecule has 1 amide bonds. The van der Waals surface area contributed by atoms with Crippen molar-refractivity contribution in [1.29, 1.82) is 0 Å². The molecule has 0 spiro atoms. The SMILES string of the molecule is O=C(Nc1ccccc1OC1CCOC1)[C@@H]1CC[C@H](C(=O)O)O1. The zero-order valence-corrected chi connectivity index (χ0v) is 12.6. The molecule has 0 aromatic heterocycles. The molecule has 2 saturated heterocycles. The highest BCUT2D eigenvalue weighted by Crippen LogP contribution is 2.28. The first kappa shape index (κ1) is 15.8. The average molecular weight is 321 g/mol. The van der Waals surface area contributed by atoms with Crippen LogP contribution in [0, 0.1) is 0 Å². The Kier molecular flexibility index (Phi) is 4.78. The Hall–Kier alpha value is -2.12. The fourth-order valence-corrected chi connectivity index (χ4v) is 2.68. The van der Waals surface area contributed by atoms with E-state index in [1.54, 1.807) is 18.2 Å². The first-order valence-corrected chi connectivity index (χ1v) is 7.66. The molecule has 3 atom stereocenters. The van der Waals surface area contributed by atoms with Crippen LogP contribution in [0.25, 0.3) is 0 Å². The summed E-state index contributed by atoms with van der Waals surface area (Å²) in [5.41, 5.74) is 0.548. The molecule has 0 radical (unpaired) electrons. The molecule has 7 heteroatoms. The second-order valence-electron chi connectivity index (χ2n) is 5.62. The van der Waals surface area contributed by atoms with Gasteiger partial charge in [0.15, 0.2) is 6.10 Å². The number of rotatable bonds is 5. The van der Waals surface area contributed by atoms with Crippen molar-refractivity contribution in [2.24, 2.45) is 0 Å². The van der Waals surface area contributed by atoms with Crippen molar-refractivity contribution in [3.63, 3.8) is 0 Å². The molecule has 2 aliphatic heterocycles. The number of carbonyl (C=O) groups excluding carboxylic acids is 1. The smallest absolute Gasteiger partial charge is 0.332 e. The van der Waals surface area contributed by atoms with Crippen LogP contribution >= 0.6 is 0 Å². The second-order valence-corrected chi connectivity index (χ2v) is 5.62. The molecule has 0 aliphatic carbocycles. The Morgan fingerprint density at radius 2 is 1.96 bits per heavy atom. The van der Waals surface area contributed by atoms with Gasteiger partial charge in [0.25, 0.3) is 5.91 Å². The molecular formula is C16H19NO6. The summed E-state index contributed by atoms with van der Waals surface area (Å²) >= 11 is 0. The normalized spacial score (nSPS) is 26.9. The van der Waals surface area contributed by atoms with Gasteiger partial charge in [-0.15, -0.1) is 0 Å². The predicted molar refractivity (Wildman–Crippen MR) is 80.5 cm³/mol. The highest BCUT2D eigenvalue weighted by molar-refractivity contribution is 5.96. The van der Waals surface area contributed by atoms with Crippen molar-refractivity contribution < 1.29 is 28.9 Å². The van der Waals surface area contributed by atoms with E-state index in [0.717, 1.165) is 6.42 Å². The maximum atomic E-state index is 12.3. The quantitative estimate of drug-likeness (QED) is 0.852. The third kappa shape index (κ3) is 3.80. The number of para-hydroxylation sites is 2. The van der Waals surface area contributed by atoms with E-state index in [1.807, 2.05) is 6.07 Å². The van der Waals surface area contributed by atoms with Gasteiger partial charge in [0.05, 0.1) is 18.9 Å². The summed E-state index contributed by atoms with van der Waals surface area (Å²) in [6.07, 6.45) is -0.138. The van der Waals surface area contributed by atoms with Crippen LogP contribution in [0.2, 0.25) is 0 Å². The van der Waals surface area contributed by atoms with Crippen molar-refractivity contribution >= 4 is 17.6 Å². The van der Waals surface area contributed by atoms with Crippen LogP contribution in [0.1, 0.15) is 19.3 Å². The Morgan fingerprint density at radius 1 is 1.17 bits per heavy atom. The topological polar surface area (TPSA) is 94.1 Å². The van der Waals surface area contributed by atoms with Crippen molar-refractivity contribution in [3.8, 4) is 5.75 Å². The van der Waals surface area contributed by atoms with Gasteiger partial charge in [0.1, 0.15) is 18.0 Å². The summed E-state index contributed by atoms with van der Waals surface area (Å²) in [5, 5.41) is 11.7. The van der Waals surface area contributed by atoms with Gasteiger partial charge in [-0.3, -0.25) is 4.79 Å². The minimum absolute atomic E-state index is 0.0211. The van der Waals surface area contributed by atoms with E-state index < -0.39 is 18.2 Å². The van der Waals surface area contributed by atoms with Gasteiger partial charge in [-0.05, 0) is 25.0 Å². The lowest BCUT2D eigenvalue weighted by Crippen LogP contribution is -2.30. The van der Waals surface area contributed by atoms with E-state index in [0.29, 0.717) is 37.5 Å². The molecule has 2 fully saturated rings. The summed E-state index contributed by atoms with van der Waals surface area (Å²) in [7, 11) is 0. The molecule has 0 saturated carbocycles. The van der Waals surface area contributed by atoms with Crippen molar-refractivity contribution in [3.05, 3.63) is 24.3 Å². The molecule has 0 bridgehead atoms. The summed E-state index contributed by atoms with van der Waals surface area (Å²) in [6, 6.07) is 7.15. The minimum Gasteiger partial charge on any atom is -0.486 e. The molecule has 1 unspecified atom stereocenters. The molecule has 23 heavy (non-hydrogen) atoms. The molecule has 2 N–H and O–H groups in total. The largest absolute Gasteiger partial charge is 0.486 e. The molecule has 2 aliphatic rings. The first-order valence-electron chi connectivity index (χ1n) is 7.66. The third-order valence-electron chi connectivity index (χ3n) is 3.91. The predicted octanol–water partition coefficient (Wildman–Crippen LogP) is 1.43. The molecule has 7 nitrogen and oxygen atoms in total. The summed E-state index contributed by atoms with van der Waals surface area (Å²) in [4.78, 5) is 23.1. The zero-order chi connectivity index (χ0) is 16.2. The Bertz CT molecular complexity index is 584. The number of carboxylic acid groups (broad SMARTS) is 1. The van der Waals surface area contributed by atoms with Gasteiger partial charge in [0.2, 0.25) is 0 Å². The van der Waals surface area contributed by atoms with Crippen LogP contribution < -0.4 is 10.1 Å². The first-order chi connectivity index (χ1) is 11.1. The monoisotopic (exact) mass is 321 g/mol. The number of benzene rings is 1. The maximum Gasteiger partial charge on any atom is 0.332 e. The number of hydrogen-bond donors (Lipinski definition) is 2. The number of anilines is 1. The third-order valence-corrected chi connectivity index (χ3v) is 3.91. The molecule has 2 heterocycles. The van der Waals surface area contributed by atoms with Gasteiger partial charge < -0.3 is 24.6 Å². The lowest BCUT2D eigenvalue weighted by molar-refractivity contribution is -0.150. The van der Waals surface area contributed by atoms with Crippen LogP contribution in [0.4, 0.5) is 5.69 Å². The number of hydrogen-bond acceptors (Lipinski definition) is 5. The maximum absolute atomic E-state index is 12.3. The highest BCUT2D eigenvalue weighted by atomic mass is 16.5. The Morgan fingerprint density at radius 3 is 2.65 bits per heavy atom. The number of carbonyl (C=O) groups is 2. The van der Waals surface area contributed by atoms with Crippen LogP contribution in [0.15, 0.2) is 24.3 Å². The van der Waals surface area contributed by atoms with Crippen LogP contribution in [0.3, 0.4) is 0 Å². The number of aliphatic carboxylic acids is 1. The zero-order valence-electron chi connectivity index (χ0n) is 12.6. The summed E-state index contributed by atoms with van der Waals surface area (Å²) in [6.45, 7) is 1.21. The van der Waals surface area contributed by atoms with E-state index in [9.17, 15) is 9.59 Å². The van der Waals surface area contributed by atoms with Crippen LogP contribution in [-0.2, 0) is 19.1 Å². The van der Waals surface area contributed by atoms with E-state index in [1.165, 1.54) is 0 Å². The summed E-state index contributed by atoms with van der Waals surface area (Å²) < 4.78 is 16.4. The van der Waals surface area contributed by atoms with Crippen molar-refractivity contribution in [2.75, 3.05) is 18.5 Å². The molecule has 3 rings (SSSR count). The van der Waals surface area contributed by atoms with E-state index in [-0.39, 0.29) is 12.0 Å². The van der Waals surface area contributed by atoms with E-state index >= 15 is 0 Å². The second kappa shape index (κ2) is 6.97. The van der Waals surface area contributed by atoms with E-state index in [4.69, 9.17) is 19.3 Å². The fraction of sp³-hybridized carbons (Fsp3) is 0.500. The van der Waals surface area contributed by atoms with Crippen LogP contribution in [0.5, 0.6) is 5.75 Å². The lowest BCUT2D eigenvalue weighted by Gasteiger charge is -2.17. The van der Waals surface area contributed by atoms with Gasteiger partial charge in [-0.25, -0.2) is 4.79 Å². The molecule has 1 aromatic rings. The van der Waals surface area contributed by atoms with Gasteiger partial charge in [-0.1, -0.05) is 12.1 Å². The van der Waals surface area contributed by atoms with Gasteiger partial charge in [-0.2, -0.15) is 0 Å². The average Bonchev–Trinajstić information content (AvgIpc) is 3.20. The standard InChI is InChI=1S/C16H19NO6/c18-15(13-5-6-14(23-13)16(19)20)17-11-3-1-2-4-12(11)22-10-7-8-21-9-10/h1-4,10,13-14H,5-9H2,(H,17,18)(H,19,20)/t10?,13-,14+/m0/s1. The molecular weight excluding hydrogens is 302 g/mol. The van der Waals surface area contributed by atoms with E-state index in [2.05, 4.69) is 5.32 Å². The Labute approximate surface area is 133 Å². The number of carboxylic acids is 1. The number of nitrogens with one attached hydrogen (secondary N) is 1. The Balaban J connectivity index is 1.63. The van der Waals surface area contributed by atoms with Crippen molar-refractivity contribution in [1.82, 2.24) is 0 Å². The summed E-state index contributed by atoms with van der Waals surface area (Å²) in [5.74, 6) is -0.818. The van der Waals surface area contributed by atoms with Gasteiger partial charge in [0, 0.05) is 6.42 Å². The highest BCUT2D eigenvalue weighted by Gasteiger charge is 2.35. The minimum atomic E-state index is -1.04. The number of ether oxygens (including phenoxy) is 3. The van der Waals surface area contributed by atoms with Gasteiger partial charge >= 0.3 is 5.97 Å². The number of amides is 1.